The number of carbonyl (C=O) groups is 1. The van der Waals surface area contributed by atoms with Crippen LogP contribution in [0.25, 0.3) is 6.08 Å². The van der Waals surface area contributed by atoms with E-state index in [1.54, 1.807) is 18.4 Å². The van der Waals surface area contributed by atoms with Crippen LogP contribution in [0, 0.1) is 5.92 Å². The Kier molecular flexibility index (Phi) is 2.82. The van der Waals surface area contributed by atoms with Crippen molar-refractivity contribution in [2.24, 2.45) is 5.92 Å². The number of rotatable bonds is 3. The fraction of sp³-hybridized carbons (Fsp3) is 0.417. The zero-order chi connectivity index (χ0) is 9.80. The van der Waals surface area contributed by atoms with Gasteiger partial charge in [0.05, 0.1) is 6.26 Å². The van der Waals surface area contributed by atoms with Gasteiger partial charge >= 0.3 is 0 Å². The SMILES string of the molecule is O=C(/C=C\c1ccco1)C1CCCC1. The van der Waals surface area contributed by atoms with Gasteiger partial charge in [0.1, 0.15) is 5.76 Å². The number of hydrogen-bond donors (Lipinski definition) is 0. The van der Waals surface area contributed by atoms with Crippen LogP contribution in [-0.4, -0.2) is 5.78 Å². The Hall–Kier alpha value is -1.31. The summed E-state index contributed by atoms with van der Waals surface area (Å²) in [5, 5.41) is 0. The Labute approximate surface area is 83.6 Å². The van der Waals surface area contributed by atoms with Gasteiger partial charge in [0, 0.05) is 5.92 Å². The Morgan fingerprint density at radius 1 is 1.43 bits per heavy atom. The molecule has 1 aromatic rings. The van der Waals surface area contributed by atoms with Gasteiger partial charge in [0.15, 0.2) is 5.78 Å². The first kappa shape index (κ1) is 9.25. The normalized spacial score (nSPS) is 18.0. The third-order valence-electron chi connectivity index (χ3n) is 2.71. The first-order valence-corrected chi connectivity index (χ1v) is 5.12. The van der Waals surface area contributed by atoms with Crippen LogP contribution in [0.5, 0.6) is 0 Å². The topological polar surface area (TPSA) is 30.2 Å². The Morgan fingerprint density at radius 3 is 2.86 bits per heavy atom. The molecule has 2 heteroatoms. The summed E-state index contributed by atoms with van der Waals surface area (Å²) in [6, 6.07) is 3.66. The lowest BCUT2D eigenvalue weighted by molar-refractivity contribution is -0.117. The average molecular weight is 190 g/mol. The van der Waals surface area contributed by atoms with Crippen molar-refractivity contribution in [1.82, 2.24) is 0 Å². The average Bonchev–Trinajstić information content (AvgIpc) is 2.87. The fourth-order valence-corrected chi connectivity index (χ4v) is 1.90. The lowest BCUT2D eigenvalue weighted by Crippen LogP contribution is -2.06. The molecule has 1 fully saturated rings. The smallest absolute Gasteiger partial charge is 0.158 e. The van der Waals surface area contributed by atoms with Crippen molar-refractivity contribution in [3.8, 4) is 0 Å². The van der Waals surface area contributed by atoms with Crippen molar-refractivity contribution in [3.05, 3.63) is 30.2 Å². The van der Waals surface area contributed by atoms with Gasteiger partial charge < -0.3 is 4.42 Å². The number of ketones is 1. The van der Waals surface area contributed by atoms with Gasteiger partial charge in [-0.15, -0.1) is 0 Å². The molecule has 1 saturated carbocycles. The monoisotopic (exact) mass is 190 g/mol. The van der Waals surface area contributed by atoms with Gasteiger partial charge in [0.25, 0.3) is 0 Å². The van der Waals surface area contributed by atoms with Crippen LogP contribution in [0.3, 0.4) is 0 Å². The summed E-state index contributed by atoms with van der Waals surface area (Å²) in [4.78, 5) is 11.6. The van der Waals surface area contributed by atoms with Gasteiger partial charge in [-0.05, 0) is 37.1 Å². The Balaban J connectivity index is 1.93. The predicted octanol–water partition coefficient (Wildman–Crippen LogP) is 3.05. The van der Waals surface area contributed by atoms with E-state index >= 15 is 0 Å². The van der Waals surface area contributed by atoms with E-state index in [1.165, 1.54) is 12.8 Å². The molecule has 14 heavy (non-hydrogen) atoms. The molecule has 1 aliphatic rings. The molecule has 0 radical (unpaired) electrons. The van der Waals surface area contributed by atoms with Gasteiger partial charge in [-0.1, -0.05) is 12.8 Å². The molecule has 0 spiro atoms. The Bertz CT molecular complexity index is 316. The summed E-state index contributed by atoms with van der Waals surface area (Å²) in [6.45, 7) is 0. The van der Waals surface area contributed by atoms with Crippen molar-refractivity contribution in [1.29, 1.82) is 0 Å². The quantitative estimate of drug-likeness (QED) is 0.686. The van der Waals surface area contributed by atoms with Crippen LogP contribution >= 0.6 is 0 Å². The summed E-state index contributed by atoms with van der Waals surface area (Å²) >= 11 is 0. The lowest BCUT2D eigenvalue weighted by Gasteiger charge is -2.01. The highest BCUT2D eigenvalue weighted by molar-refractivity contribution is 5.95. The first-order valence-electron chi connectivity index (χ1n) is 5.12. The second-order valence-electron chi connectivity index (χ2n) is 3.73. The van der Waals surface area contributed by atoms with Crippen LogP contribution in [0.4, 0.5) is 0 Å². The number of allylic oxidation sites excluding steroid dienone is 1. The zero-order valence-electron chi connectivity index (χ0n) is 8.11. The van der Waals surface area contributed by atoms with Crippen LogP contribution in [0.2, 0.25) is 0 Å². The van der Waals surface area contributed by atoms with Crippen molar-refractivity contribution in [2.45, 2.75) is 25.7 Å². The Morgan fingerprint density at radius 2 is 2.21 bits per heavy atom. The highest BCUT2D eigenvalue weighted by atomic mass is 16.3. The van der Waals surface area contributed by atoms with E-state index in [0.29, 0.717) is 0 Å². The summed E-state index contributed by atoms with van der Waals surface area (Å²) in [6.07, 6.45) is 9.52. The van der Waals surface area contributed by atoms with Gasteiger partial charge in [-0.3, -0.25) is 4.79 Å². The van der Waals surface area contributed by atoms with E-state index in [1.807, 2.05) is 12.1 Å². The lowest BCUT2D eigenvalue weighted by atomic mass is 10.0. The van der Waals surface area contributed by atoms with Crippen LogP contribution < -0.4 is 0 Å². The molecular weight excluding hydrogens is 176 g/mol. The number of carbonyl (C=O) groups excluding carboxylic acids is 1. The minimum absolute atomic E-state index is 0.249. The molecule has 1 heterocycles. The number of hydrogen-bond acceptors (Lipinski definition) is 2. The molecule has 2 nitrogen and oxygen atoms in total. The molecule has 0 unspecified atom stereocenters. The van der Waals surface area contributed by atoms with Crippen molar-refractivity contribution < 1.29 is 9.21 Å². The number of furan rings is 1. The van der Waals surface area contributed by atoms with E-state index in [4.69, 9.17) is 4.42 Å². The van der Waals surface area contributed by atoms with Gasteiger partial charge in [0.2, 0.25) is 0 Å². The van der Waals surface area contributed by atoms with Gasteiger partial charge in [-0.2, -0.15) is 0 Å². The standard InChI is InChI=1S/C12H14O2/c13-12(10-4-1-2-5-10)8-7-11-6-3-9-14-11/h3,6-10H,1-2,4-5H2/b8-7-. The van der Waals surface area contributed by atoms with Crippen molar-refractivity contribution in [2.75, 3.05) is 0 Å². The molecule has 0 aromatic carbocycles. The maximum Gasteiger partial charge on any atom is 0.158 e. The molecule has 1 aromatic heterocycles. The second-order valence-corrected chi connectivity index (χ2v) is 3.73. The van der Waals surface area contributed by atoms with Gasteiger partial charge in [-0.25, -0.2) is 0 Å². The van der Waals surface area contributed by atoms with Crippen LogP contribution in [0.15, 0.2) is 28.9 Å². The molecule has 0 N–H and O–H groups in total. The highest BCUT2D eigenvalue weighted by Gasteiger charge is 2.20. The van der Waals surface area contributed by atoms with Crippen LogP contribution in [-0.2, 0) is 4.79 Å². The molecule has 74 valence electrons. The summed E-state index contributed by atoms with van der Waals surface area (Å²) < 4.78 is 5.11. The third-order valence-corrected chi connectivity index (χ3v) is 2.71. The minimum Gasteiger partial charge on any atom is -0.465 e. The second kappa shape index (κ2) is 4.27. The van der Waals surface area contributed by atoms with E-state index in [9.17, 15) is 4.79 Å². The molecule has 1 aliphatic carbocycles. The van der Waals surface area contributed by atoms with E-state index in [0.717, 1.165) is 18.6 Å². The van der Waals surface area contributed by atoms with Crippen molar-refractivity contribution >= 4 is 11.9 Å². The molecule has 0 bridgehead atoms. The fourth-order valence-electron chi connectivity index (χ4n) is 1.90. The minimum atomic E-state index is 0.249. The zero-order valence-corrected chi connectivity index (χ0v) is 8.11. The summed E-state index contributed by atoms with van der Waals surface area (Å²) in [5.41, 5.74) is 0. The molecular formula is C12H14O2. The maximum absolute atomic E-state index is 11.6. The molecule has 0 aliphatic heterocycles. The summed E-state index contributed by atoms with van der Waals surface area (Å²) in [5.74, 6) is 1.26. The first-order chi connectivity index (χ1) is 6.86. The van der Waals surface area contributed by atoms with E-state index < -0.39 is 0 Å². The van der Waals surface area contributed by atoms with E-state index in [-0.39, 0.29) is 11.7 Å². The molecule has 0 atom stereocenters. The molecule has 2 rings (SSSR count). The largest absolute Gasteiger partial charge is 0.465 e. The molecule has 0 saturated heterocycles. The maximum atomic E-state index is 11.6. The predicted molar refractivity (Wildman–Crippen MR) is 54.7 cm³/mol. The van der Waals surface area contributed by atoms with Crippen LogP contribution in [0.1, 0.15) is 31.4 Å². The highest BCUT2D eigenvalue weighted by Crippen LogP contribution is 2.25. The van der Waals surface area contributed by atoms with Crippen molar-refractivity contribution in [3.63, 3.8) is 0 Å². The third kappa shape index (κ3) is 2.13. The molecule has 0 amide bonds. The van der Waals surface area contributed by atoms with E-state index in [2.05, 4.69) is 0 Å². The summed E-state index contributed by atoms with van der Waals surface area (Å²) in [7, 11) is 0.